The normalized spacial score (nSPS) is 10.5. The van der Waals surface area contributed by atoms with Crippen molar-refractivity contribution >= 4 is 34.6 Å². The van der Waals surface area contributed by atoms with Gasteiger partial charge in [0.1, 0.15) is 24.5 Å². The number of carbonyl (C=O) groups excluding carboxylic acids is 3. The first-order valence-corrected chi connectivity index (χ1v) is 11.6. The van der Waals surface area contributed by atoms with Crippen LogP contribution in [0, 0.1) is 0 Å². The molecule has 0 fully saturated rings. The molecule has 0 unspecified atom stereocenters. The van der Waals surface area contributed by atoms with Gasteiger partial charge in [-0.25, -0.2) is 9.59 Å². The number of fused-ring (bicyclic) bond motifs is 1. The lowest BCUT2D eigenvalue weighted by molar-refractivity contribution is -0.143. The van der Waals surface area contributed by atoms with Gasteiger partial charge in [-0.05, 0) is 49.7 Å². The van der Waals surface area contributed by atoms with Crippen LogP contribution in [-0.4, -0.2) is 37.7 Å². The molecule has 10 nitrogen and oxygen atoms in total. The number of ether oxygens (including phenoxy) is 3. The molecular weight excluding hydrogens is 468 g/mol. The summed E-state index contributed by atoms with van der Waals surface area (Å²) >= 11 is 0. The van der Waals surface area contributed by atoms with E-state index >= 15 is 0 Å². The smallest absolute Gasteiger partial charge is 0.411 e. The first-order chi connectivity index (χ1) is 17.4. The summed E-state index contributed by atoms with van der Waals surface area (Å²) < 4.78 is 20.8. The van der Waals surface area contributed by atoms with Crippen LogP contribution in [0.3, 0.4) is 0 Å². The molecule has 1 heterocycles. The van der Waals surface area contributed by atoms with E-state index in [1.807, 2.05) is 0 Å². The van der Waals surface area contributed by atoms with E-state index in [0.29, 0.717) is 34.6 Å². The highest BCUT2D eigenvalue weighted by Crippen LogP contribution is 2.22. The number of unbranched alkanes of at least 4 members (excludes halogenated alkanes) is 1. The Labute approximate surface area is 207 Å². The molecule has 10 heteroatoms. The molecule has 0 aliphatic heterocycles. The van der Waals surface area contributed by atoms with Gasteiger partial charge in [0, 0.05) is 34.3 Å². The second kappa shape index (κ2) is 12.9. The molecule has 3 rings (SSSR count). The van der Waals surface area contributed by atoms with Crippen molar-refractivity contribution in [1.82, 2.24) is 5.32 Å². The Bertz CT molecular complexity index is 1270. The van der Waals surface area contributed by atoms with Gasteiger partial charge in [-0.1, -0.05) is 13.3 Å². The van der Waals surface area contributed by atoms with Gasteiger partial charge >= 0.3 is 17.7 Å². The van der Waals surface area contributed by atoms with E-state index in [9.17, 15) is 19.2 Å². The maximum Gasteiger partial charge on any atom is 0.411 e. The average molecular weight is 497 g/mol. The summed E-state index contributed by atoms with van der Waals surface area (Å²) in [4.78, 5) is 48.1. The van der Waals surface area contributed by atoms with E-state index in [2.05, 4.69) is 17.6 Å². The molecule has 190 valence electrons. The third kappa shape index (κ3) is 7.59. The summed E-state index contributed by atoms with van der Waals surface area (Å²) in [7, 11) is 0. The van der Waals surface area contributed by atoms with Crippen LogP contribution in [0.2, 0.25) is 0 Å². The summed E-state index contributed by atoms with van der Waals surface area (Å²) in [5, 5.41) is 5.56. The number of hydrogen-bond donors (Lipinski definition) is 2. The number of anilines is 1. The van der Waals surface area contributed by atoms with Crippen molar-refractivity contribution in [2.24, 2.45) is 0 Å². The third-order valence-electron chi connectivity index (χ3n) is 5.02. The number of nitrogens with one attached hydrogen (secondary N) is 2. The molecule has 0 bridgehead atoms. The molecule has 3 aromatic rings. The number of benzene rings is 2. The van der Waals surface area contributed by atoms with Crippen molar-refractivity contribution in [1.29, 1.82) is 0 Å². The van der Waals surface area contributed by atoms with E-state index in [1.165, 1.54) is 12.1 Å². The molecule has 2 N–H and O–H groups in total. The minimum Gasteiger partial charge on any atom is -0.494 e. The number of esters is 1. The van der Waals surface area contributed by atoms with Gasteiger partial charge in [0.05, 0.1) is 13.2 Å². The quantitative estimate of drug-likeness (QED) is 0.231. The first kappa shape index (κ1) is 26.3. The SMILES string of the molecule is CCCCOc1ccc(C(=O)NCC(=O)OCc2cc(=O)oc3cc(NC(=O)OCC)ccc23)cc1. The predicted octanol–water partition coefficient (Wildman–Crippen LogP) is 4.01. The molecule has 0 atom stereocenters. The lowest BCUT2D eigenvalue weighted by Gasteiger charge is -2.10. The van der Waals surface area contributed by atoms with Gasteiger partial charge in [-0.15, -0.1) is 0 Å². The minimum absolute atomic E-state index is 0.203. The highest BCUT2D eigenvalue weighted by Gasteiger charge is 2.13. The fraction of sp³-hybridized carbons (Fsp3) is 0.308. The number of rotatable bonds is 11. The summed E-state index contributed by atoms with van der Waals surface area (Å²) in [6, 6.07) is 12.5. The zero-order valence-electron chi connectivity index (χ0n) is 20.1. The molecule has 36 heavy (non-hydrogen) atoms. The predicted molar refractivity (Wildman–Crippen MR) is 132 cm³/mol. The van der Waals surface area contributed by atoms with Gasteiger partial charge in [0.15, 0.2) is 0 Å². The molecule has 0 saturated carbocycles. The molecular formula is C26H28N2O8. The van der Waals surface area contributed by atoms with E-state index in [1.54, 1.807) is 43.3 Å². The minimum atomic E-state index is -0.676. The largest absolute Gasteiger partial charge is 0.494 e. The molecule has 0 saturated heterocycles. The van der Waals surface area contributed by atoms with Crippen LogP contribution < -0.4 is 21.0 Å². The Kier molecular flexibility index (Phi) is 9.44. The van der Waals surface area contributed by atoms with E-state index in [0.717, 1.165) is 12.8 Å². The summed E-state index contributed by atoms with van der Waals surface area (Å²) in [5.41, 5.74) is 0.740. The lowest BCUT2D eigenvalue weighted by atomic mass is 10.1. The Morgan fingerprint density at radius 3 is 2.47 bits per heavy atom. The van der Waals surface area contributed by atoms with Crippen molar-refractivity contribution in [2.75, 3.05) is 25.1 Å². The fourth-order valence-corrected chi connectivity index (χ4v) is 3.21. The average Bonchev–Trinajstić information content (AvgIpc) is 2.86. The van der Waals surface area contributed by atoms with Crippen LogP contribution in [0.5, 0.6) is 5.75 Å². The van der Waals surface area contributed by atoms with Crippen molar-refractivity contribution in [3.63, 3.8) is 0 Å². The van der Waals surface area contributed by atoms with Gasteiger partial charge in [-0.2, -0.15) is 0 Å². The van der Waals surface area contributed by atoms with E-state index in [4.69, 9.17) is 18.6 Å². The zero-order valence-corrected chi connectivity index (χ0v) is 20.1. The second-order valence-electron chi connectivity index (χ2n) is 7.72. The Morgan fingerprint density at radius 2 is 1.75 bits per heavy atom. The number of hydrogen-bond acceptors (Lipinski definition) is 8. The maximum absolute atomic E-state index is 12.3. The Balaban J connectivity index is 1.55. The first-order valence-electron chi connectivity index (χ1n) is 11.6. The molecule has 2 aromatic carbocycles. The Morgan fingerprint density at radius 1 is 0.972 bits per heavy atom. The van der Waals surface area contributed by atoms with Crippen molar-refractivity contribution < 1.29 is 33.0 Å². The van der Waals surface area contributed by atoms with Crippen molar-refractivity contribution in [3.05, 3.63) is 70.1 Å². The molecule has 0 radical (unpaired) electrons. The topological polar surface area (TPSA) is 133 Å². The van der Waals surface area contributed by atoms with Crippen molar-refractivity contribution in [2.45, 2.75) is 33.3 Å². The Hall–Kier alpha value is -4.34. The van der Waals surface area contributed by atoms with Gasteiger partial charge in [0.2, 0.25) is 0 Å². The highest BCUT2D eigenvalue weighted by atomic mass is 16.5. The molecule has 2 amide bonds. The van der Waals surface area contributed by atoms with Crippen LogP contribution in [0.1, 0.15) is 42.6 Å². The van der Waals surface area contributed by atoms with Crippen LogP contribution >= 0.6 is 0 Å². The second-order valence-corrected chi connectivity index (χ2v) is 7.72. The van der Waals surface area contributed by atoms with Crippen LogP contribution in [-0.2, 0) is 20.9 Å². The summed E-state index contributed by atoms with van der Waals surface area (Å²) in [5.74, 6) is -0.438. The third-order valence-corrected chi connectivity index (χ3v) is 5.02. The van der Waals surface area contributed by atoms with E-state index in [-0.39, 0.29) is 25.3 Å². The van der Waals surface area contributed by atoms with E-state index < -0.39 is 23.6 Å². The summed E-state index contributed by atoms with van der Waals surface area (Å²) in [6.45, 7) is 4.03. The maximum atomic E-state index is 12.3. The van der Waals surface area contributed by atoms with Crippen LogP contribution in [0.4, 0.5) is 10.5 Å². The molecule has 0 aliphatic rings. The van der Waals surface area contributed by atoms with Gasteiger partial charge in [-0.3, -0.25) is 14.9 Å². The van der Waals surface area contributed by atoms with Crippen LogP contribution in [0.25, 0.3) is 11.0 Å². The lowest BCUT2D eigenvalue weighted by Crippen LogP contribution is -2.30. The number of amides is 2. The zero-order chi connectivity index (χ0) is 25.9. The highest BCUT2D eigenvalue weighted by molar-refractivity contribution is 5.96. The van der Waals surface area contributed by atoms with Crippen molar-refractivity contribution in [3.8, 4) is 5.75 Å². The summed E-state index contributed by atoms with van der Waals surface area (Å²) in [6.07, 6.45) is 1.34. The van der Waals surface area contributed by atoms with Gasteiger partial charge in [0.25, 0.3) is 5.91 Å². The van der Waals surface area contributed by atoms with Gasteiger partial charge < -0.3 is 23.9 Å². The fourth-order valence-electron chi connectivity index (χ4n) is 3.21. The number of carbonyl (C=O) groups is 3. The van der Waals surface area contributed by atoms with Crippen LogP contribution in [0.15, 0.2) is 57.7 Å². The molecule has 1 aromatic heterocycles. The monoisotopic (exact) mass is 496 g/mol. The molecule has 0 aliphatic carbocycles. The molecule has 0 spiro atoms. The standard InChI is InChI=1S/C26H28N2O8/c1-3-5-12-34-20-9-6-17(7-10-20)25(31)27-15-24(30)35-16-18-13-23(29)36-22-14-19(8-11-21(18)22)28-26(32)33-4-2/h6-11,13-14H,3-5,12,15-16H2,1-2H3,(H,27,31)(H,28,32).